The Morgan fingerprint density at radius 3 is 2.58 bits per heavy atom. The van der Waals surface area contributed by atoms with Gasteiger partial charge in [-0.2, -0.15) is 0 Å². The molecule has 1 N–H and O–H groups in total. The van der Waals surface area contributed by atoms with Crippen molar-refractivity contribution >= 4 is 34.9 Å². The van der Waals surface area contributed by atoms with E-state index in [-0.39, 0.29) is 5.91 Å². The van der Waals surface area contributed by atoms with Crippen molar-refractivity contribution in [3.05, 3.63) is 66.0 Å². The highest BCUT2D eigenvalue weighted by molar-refractivity contribution is 7.99. The van der Waals surface area contributed by atoms with Gasteiger partial charge in [-0.15, -0.1) is 0 Å². The van der Waals surface area contributed by atoms with Crippen molar-refractivity contribution in [1.82, 2.24) is 9.97 Å². The summed E-state index contributed by atoms with van der Waals surface area (Å²) < 4.78 is 5.35. The van der Waals surface area contributed by atoms with Crippen molar-refractivity contribution < 1.29 is 9.53 Å². The van der Waals surface area contributed by atoms with Crippen LogP contribution >= 0.6 is 11.8 Å². The second kappa shape index (κ2) is 10.6. The Morgan fingerprint density at radius 1 is 1.03 bits per heavy atom. The van der Waals surface area contributed by atoms with E-state index < -0.39 is 0 Å². The van der Waals surface area contributed by atoms with Crippen molar-refractivity contribution in [1.29, 1.82) is 0 Å². The third-order valence-electron chi connectivity index (χ3n) is 5.66. The van der Waals surface area contributed by atoms with E-state index >= 15 is 0 Å². The Kier molecular flexibility index (Phi) is 7.34. The van der Waals surface area contributed by atoms with Gasteiger partial charge in [0, 0.05) is 49.7 Å². The molecule has 1 amide bonds. The van der Waals surface area contributed by atoms with Gasteiger partial charge in [-0.05, 0) is 37.6 Å². The maximum absolute atomic E-state index is 12.4. The lowest BCUT2D eigenvalue weighted by Gasteiger charge is -2.36. The largest absolute Gasteiger partial charge is 0.497 e. The number of amides is 1. The predicted octanol–water partition coefficient (Wildman–Crippen LogP) is 4.16. The molecule has 0 saturated carbocycles. The first-order valence-corrected chi connectivity index (χ1v) is 12.0. The molecule has 1 aliphatic heterocycles. The maximum Gasteiger partial charge on any atom is 0.234 e. The van der Waals surface area contributed by atoms with E-state index in [9.17, 15) is 4.79 Å². The second-order valence-corrected chi connectivity index (χ2v) is 9.04. The lowest BCUT2D eigenvalue weighted by atomic mass is 10.1. The molecule has 0 spiro atoms. The molecule has 0 bridgehead atoms. The van der Waals surface area contributed by atoms with Crippen molar-refractivity contribution in [2.45, 2.75) is 18.9 Å². The molecule has 1 aromatic heterocycles. The van der Waals surface area contributed by atoms with E-state index in [4.69, 9.17) is 4.74 Å². The molecule has 0 radical (unpaired) electrons. The van der Waals surface area contributed by atoms with Gasteiger partial charge in [0.2, 0.25) is 5.91 Å². The fraction of sp³-hybridized carbons (Fsp3) is 0.320. The molecule has 0 atom stereocenters. The summed E-state index contributed by atoms with van der Waals surface area (Å²) in [4.78, 5) is 25.9. The maximum atomic E-state index is 12.4. The molecule has 3 aromatic rings. The van der Waals surface area contributed by atoms with Gasteiger partial charge in [0.25, 0.3) is 0 Å². The number of nitrogens with one attached hydrogen (secondary N) is 1. The minimum Gasteiger partial charge on any atom is -0.497 e. The average Bonchev–Trinajstić information content (AvgIpc) is 2.85. The van der Waals surface area contributed by atoms with Gasteiger partial charge < -0.3 is 19.9 Å². The number of aryl methyl sites for hydroxylation is 2. The molecule has 33 heavy (non-hydrogen) atoms. The van der Waals surface area contributed by atoms with Gasteiger partial charge in [0.15, 0.2) is 0 Å². The minimum absolute atomic E-state index is 0.0426. The van der Waals surface area contributed by atoms with Crippen LogP contribution in [0.5, 0.6) is 5.75 Å². The summed E-state index contributed by atoms with van der Waals surface area (Å²) in [6.45, 7) is 7.58. The number of anilines is 3. The molecule has 8 heteroatoms. The number of benzene rings is 2. The van der Waals surface area contributed by atoms with Crippen molar-refractivity contribution in [2.24, 2.45) is 0 Å². The summed E-state index contributed by atoms with van der Waals surface area (Å²) in [5.41, 5.74) is 4.26. The van der Waals surface area contributed by atoms with E-state index in [0.29, 0.717) is 5.75 Å². The Balaban J connectivity index is 1.31. The fourth-order valence-corrected chi connectivity index (χ4v) is 4.52. The molecule has 1 saturated heterocycles. The molecule has 7 nitrogen and oxygen atoms in total. The molecule has 1 fully saturated rings. The third kappa shape index (κ3) is 5.96. The smallest absolute Gasteiger partial charge is 0.234 e. The van der Waals surface area contributed by atoms with Crippen LogP contribution in [0.15, 0.2) is 59.9 Å². The van der Waals surface area contributed by atoms with Crippen LogP contribution in [0.3, 0.4) is 0 Å². The number of methoxy groups -OCH3 is 1. The molecule has 172 valence electrons. The molecule has 0 aliphatic carbocycles. The standard InChI is InChI=1S/C25H29N5O2S/c1-18-7-8-22(19(2)13-18)28-24(31)16-33-25-15-23(26-17-27-25)30-11-9-29(10-12-30)20-5-4-6-21(14-20)32-3/h4-8,13-15,17H,9-12,16H2,1-3H3,(H,28,31). The molecule has 2 aromatic carbocycles. The van der Waals surface area contributed by atoms with Crippen LogP contribution < -0.4 is 19.9 Å². The summed E-state index contributed by atoms with van der Waals surface area (Å²) in [6.07, 6.45) is 1.58. The van der Waals surface area contributed by atoms with Gasteiger partial charge in [0.05, 0.1) is 12.9 Å². The Hall–Kier alpha value is -3.26. The van der Waals surface area contributed by atoms with Crippen LogP contribution in [0.2, 0.25) is 0 Å². The van der Waals surface area contributed by atoms with Crippen LogP contribution in [0.4, 0.5) is 17.2 Å². The van der Waals surface area contributed by atoms with E-state index in [1.165, 1.54) is 23.0 Å². The first-order chi connectivity index (χ1) is 16.0. The van der Waals surface area contributed by atoms with Crippen LogP contribution in [0.25, 0.3) is 0 Å². The Labute approximate surface area is 199 Å². The zero-order valence-electron chi connectivity index (χ0n) is 19.2. The lowest BCUT2D eigenvalue weighted by Crippen LogP contribution is -2.46. The van der Waals surface area contributed by atoms with Crippen LogP contribution in [-0.2, 0) is 4.79 Å². The number of piperazine rings is 1. The Bertz CT molecular complexity index is 1120. The van der Waals surface area contributed by atoms with Gasteiger partial charge in [-0.25, -0.2) is 9.97 Å². The summed E-state index contributed by atoms with van der Waals surface area (Å²) in [5.74, 6) is 2.02. The van der Waals surface area contributed by atoms with Crippen molar-refractivity contribution in [3.8, 4) is 5.75 Å². The van der Waals surface area contributed by atoms with E-state index in [2.05, 4.69) is 43.3 Å². The highest BCUT2D eigenvalue weighted by Crippen LogP contribution is 2.25. The number of thioether (sulfide) groups is 1. The SMILES string of the molecule is COc1cccc(N2CCN(c3cc(SCC(=O)Nc4ccc(C)cc4C)ncn3)CC2)c1. The zero-order chi connectivity index (χ0) is 23.2. The average molecular weight is 464 g/mol. The summed E-state index contributed by atoms with van der Waals surface area (Å²) in [7, 11) is 1.69. The molecule has 4 rings (SSSR count). The number of rotatable bonds is 7. The number of nitrogens with zero attached hydrogens (tertiary/aromatic N) is 4. The Morgan fingerprint density at radius 2 is 1.82 bits per heavy atom. The van der Waals surface area contributed by atoms with E-state index in [1.54, 1.807) is 13.4 Å². The van der Waals surface area contributed by atoms with Crippen molar-refractivity contribution in [3.63, 3.8) is 0 Å². The van der Waals surface area contributed by atoms with Gasteiger partial charge in [0.1, 0.15) is 22.9 Å². The molecular formula is C25H29N5O2S. The highest BCUT2D eigenvalue weighted by Gasteiger charge is 2.19. The topological polar surface area (TPSA) is 70.6 Å². The normalized spacial score (nSPS) is 13.7. The van der Waals surface area contributed by atoms with Gasteiger partial charge in [-0.1, -0.05) is 35.5 Å². The summed E-state index contributed by atoms with van der Waals surface area (Å²) in [5, 5.41) is 3.78. The second-order valence-electron chi connectivity index (χ2n) is 8.05. The van der Waals surface area contributed by atoms with Gasteiger partial charge in [-0.3, -0.25) is 4.79 Å². The number of aromatic nitrogens is 2. The number of ether oxygens (including phenoxy) is 1. The minimum atomic E-state index is -0.0426. The number of carbonyl (C=O) groups is 1. The number of hydrogen-bond donors (Lipinski definition) is 1. The molecular weight excluding hydrogens is 434 g/mol. The summed E-state index contributed by atoms with van der Waals surface area (Å²) in [6, 6.07) is 16.1. The lowest BCUT2D eigenvalue weighted by molar-refractivity contribution is -0.113. The quantitative estimate of drug-likeness (QED) is 0.417. The van der Waals surface area contributed by atoms with Crippen LogP contribution in [0.1, 0.15) is 11.1 Å². The van der Waals surface area contributed by atoms with E-state index in [1.807, 2.05) is 44.2 Å². The third-order valence-corrected chi connectivity index (χ3v) is 6.58. The molecule has 2 heterocycles. The van der Waals surface area contributed by atoms with Crippen molar-refractivity contribution in [2.75, 3.05) is 54.2 Å². The monoisotopic (exact) mass is 463 g/mol. The van der Waals surface area contributed by atoms with Crippen LogP contribution in [0, 0.1) is 13.8 Å². The summed E-state index contributed by atoms with van der Waals surface area (Å²) >= 11 is 1.42. The predicted molar refractivity (Wildman–Crippen MR) is 135 cm³/mol. The van der Waals surface area contributed by atoms with Crippen LogP contribution in [-0.4, -0.2) is 54.9 Å². The number of hydrogen-bond acceptors (Lipinski definition) is 7. The fourth-order valence-electron chi connectivity index (χ4n) is 3.86. The zero-order valence-corrected chi connectivity index (χ0v) is 20.1. The first kappa shape index (κ1) is 22.9. The highest BCUT2D eigenvalue weighted by atomic mass is 32.2. The molecule has 1 aliphatic rings. The molecule has 0 unspecified atom stereocenters. The van der Waals surface area contributed by atoms with E-state index in [0.717, 1.165) is 54.0 Å². The van der Waals surface area contributed by atoms with Gasteiger partial charge >= 0.3 is 0 Å². The number of carbonyl (C=O) groups excluding carboxylic acids is 1. The first-order valence-electron chi connectivity index (χ1n) is 11.0.